The monoisotopic (exact) mass is 401 g/mol. The summed E-state index contributed by atoms with van der Waals surface area (Å²) >= 11 is 0. The molecule has 1 aliphatic heterocycles. The maximum absolute atomic E-state index is 12.9. The van der Waals surface area contributed by atoms with Gasteiger partial charge >= 0.3 is 0 Å². The standard InChI is InChI=1S/C22H25F2N3O2/c23-17-5-1-15(2-6-17)9-11-26-21(28)19-13-25-14-20(19)22(29)27-12-10-16-3-7-18(24)8-4-16/h1-8,19-20,25H,9-14H2,(H,26,28)(H,27,29)/t19-,20?/m1/s1. The molecule has 154 valence electrons. The summed E-state index contributed by atoms with van der Waals surface area (Å²) in [7, 11) is 0. The molecule has 2 atom stereocenters. The van der Waals surface area contributed by atoms with E-state index in [2.05, 4.69) is 16.0 Å². The van der Waals surface area contributed by atoms with Gasteiger partial charge in [0.1, 0.15) is 11.6 Å². The van der Waals surface area contributed by atoms with E-state index in [4.69, 9.17) is 0 Å². The van der Waals surface area contributed by atoms with Crippen LogP contribution in [0.15, 0.2) is 48.5 Å². The maximum Gasteiger partial charge on any atom is 0.225 e. The Bertz CT molecular complexity index is 755. The van der Waals surface area contributed by atoms with Gasteiger partial charge in [-0.2, -0.15) is 0 Å². The van der Waals surface area contributed by atoms with Crippen LogP contribution >= 0.6 is 0 Å². The molecule has 29 heavy (non-hydrogen) atoms. The molecule has 0 bridgehead atoms. The first-order valence-corrected chi connectivity index (χ1v) is 9.78. The zero-order valence-electron chi connectivity index (χ0n) is 16.1. The minimum Gasteiger partial charge on any atom is -0.355 e. The molecule has 1 heterocycles. The minimum atomic E-state index is -0.422. The van der Waals surface area contributed by atoms with Crippen molar-refractivity contribution in [3.8, 4) is 0 Å². The summed E-state index contributed by atoms with van der Waals surface area (Å²) in [5.41, 5.74) is 1.87. The van der Waals surface area contributed by atoms with Gasteiger partial charge in [0.2, 0.25) is 11.8 Å². The van der Waals surface area contributed by atoms with Crippen LogP contribution in [0.25, 0.3) is 0 Å². The molecule has 0 saturated carbocycles. The van der Waals surface area contributed by atoms with E-state index in [9.17, 15) is 18.4 Å². The number of carbonyl (C=O) groups is 2. The van der Waals surface area contributed by atoms with Gasteiger partial charge in [0, 0.05) is 26.2 Å². The highest BCUT2D eigenvalue weighted by atomic mass is 19.1. The smallest absolute Gasteiger partial charge is 0.225 e. The molecule has 1 aliphatic rings. The Morgan fingerprint density at radius 2 is 1.14 bits per heavy atom. The lowest BCUT2D eigenvalue weighted by molar-refractivity contribution is -0.132. The molecule has 2 amide bonds. The van der Waals surface area contributed by atoms with E-state index in [0.717, 1.165) is 11.1 Å². The lowest BCUT2D eigenvalue weighted by Gasteiger charge is -2.18. The second kappa shape index (κ2) is 10.1. The number of nitrogens with one attached hydrogen (secondary N) is 3. The molecule has 0 radical (unpaired) electrons. The summed E-state index contributed by atoms with van der Waals surface area (Å²) in [6.45, 7) is 1.77. The summed E-state index contributed by atoms with van der Waals surface area (Å²) in [6.07, 6.45) is 1.20. The first-order chi connectivity index (χ1) is 14.0. The molecule has 0 aliphatic carbocycles. The average Bonchev–Trinajstić information content (AvgIpc) is 3.21. The Morgan fingerprint density at radius 3 is 1.52 bits per heavy atom. The minimum absolute atomic E-state index is 0.157. The molecule has 0 aromatic heterocycles. The average molecular weight is 401 g/mol. The fourth-order valence-electron chi connectivity index (χ4n) is 3.45. The molecule has 0 spiro atoms. The van der Waals surface area contributed by atoms with Crippen LogP contribution in [0.1, 0.15) is 11.1 Å². The zero-order valence-corrected chi connectivity index (χ0v) is 16.1. The fraction of sp³-hybridized carbons (Fsp3) is 0.364. The number of rotatable bonds is 8. The highest BCUT2D eigenvalue weighted by molar-refractivity contribution is 5.88. The van der Waals surface area contributed by atoms with Crippen molar-refractivity contribution in [3.05, 3.63) is 71.3 Å². The zero-order chi connectivity index (χ0) is 20.6. The van der Waals surface area contributed by atoms with Gasteiger partial charge < -0.3 is 16.0 Å². The number of hydrogen-bond acceptors (Lipinski definition) is 3. The van der Waals surface area contributed by atoms with Gasteiger partial charge in [0.15, 0.2) is 0 Å². The van der Waals surface area contributed by atoms with E-state index >= 15 is 0 Å². The predicted octanol–water partition coefficient (Wildman–Crippen LogP) is 1.82. The van der Waals surface area contributed by atoms with Crippen molar-refractivity contribution in [2.24, 2.45) is 11.8 Å². The van der Waals surface area contributed by atoms with Crippen LogP contribution in [0.5, 0.6) is 0 Å². The normalized spacial score (nSPS) is 18.4. The lowest BCUT2D eigenvalue weighted by Crippen LogP contribution is -2.42. The lowest BCUT2D eigenvalue weighted by atomic mass is 9.94. The molecule has 1 saturated heterocycles. The Morgan fingerprint density at radius 1 is 0.759 bits per heavy atom. The number of amides is 2. The highest BCUT2D eigenvalue weighted by Crippen LogP contribution is 2.17. The largest absolute Gasteiger partial charge is 0.355 e. The van der Waals surface area contributed by atoms with Crippen molar-refractivity contribution in [2.45, 2.75) is 12.8 Å². The van der Waals surface area contributed by atoms with Crippen LogP contribution in [-0.2, 0) is 22.4 Å². The summed E-state index contributed by atoms with van der Waals surface area (Å²) < 4.78 is 25.9. The van der Waals surface area contributed by atoms with Crippen LogP contribution in [0.3, 0.4) is 0 Å². The SMILES string of the molecule is O=C(NCCc1ccc(F)cc1)C1CNC[C@H]1C(=O)NCCc1ccc(F)cc1. The predicted molar refractivity (Wildman–Crippen MR) is 106 cm³/mol. The molecule has 5 nitrogen and oxygen atoms in total. The topological polar surface area (TPSA) is 70.2 Å². The fourth-order valence-corrected chi connectivity index (χ4v) is 3.45. The third kappa shape index (κ3) is 6.09. The van der Waals surface area contributed by atoms with Crippen molar-refractivity contribution in [2.75, 3.05) is 26.2 Å². The van der Waals surface area contributed by atoms with E-state index in [1.807, 2.05) is 0 Å². The van der Waals surface area contributed by atoms with Crippen LogP contribution in [0, 0.1) is 23.5 Å². The molecular weight excluding hydrogens is 376 g/mol. The van der Waals surface area contributed by atoms with Crippen LogP contribution in [0.4, 0.5) is 8.78 Å². The van der Waals surface area contributed by atoms with Gasteiger partial charge in [-0.3, -0.25) is 9.59 Å². The molecule has 2 aromatic carbocycles. The van der Waals surface area contributed by atoms with E-state index in [-0.39, 0.29) is 23.4 Å². The number of benzene rings is 2. The second-order valence-electron chi connectivity index (χ2n) is 7.21. The Balaban J connectivity index is 1.42. The van der Waals surface area contributed by atoms with Gasteiger partial charge in [-0.05, 0) is 48.2 Å². The molecule has 1 fully saturated rings. The Hall–Kier alpha value is -2.80. The third-order valence-electron chi connectivity index (χ3n) is 5.14. The van der Waals surface area contributed by atoms with E-state index in [0.29, 0.717) is 39.0 Å². The number of hydrogen-bond donors (Lipinski definition) is 3. The molecular formula is C22H25F2N3O2. The van der Waals surface area contributed by atoms with Gasteiger partial charge in [-0.1, -0.05) is 24.3 Å². The molecule has 1 unspecified atom stereocenters. The number of carbonyl (C=O) groups excluding carboxylic acids is 2. The van der Waals surface area contributed by atoms with E-state index in [1.54, 1.807) is 24.3 Å². The number of halogens is 2. The van der Waals surface area contributed by atoms with Gasteiger partial charge in [0.25, 0.3) is 0 Å². The highest BCUT2D eigenvalue weighted by Gasteiger charge is 2.37. The van der Waals surface area contributed by atoms with Crippen molar-refractivity contribution >= 4 is 11.8 Å². The first-order valence-electron chi connectivity index (χ1n) is 9.78. The summed E-state index contributed by atoms with van der Waals surface area (Å²) in [4.78, 5) is 25.0. The quantitative estimate of drug-likeness (QED) is 0.632. The van der Waals surface area contributed by atoms with Gasteiger partial charge in [0.05, 0.1) is 11.8 Å². The Kier molecular flexibility index (Phi) is 7.30. The summed E-state index contributed by atoms with van der Waals surface area (Å²) in [5, 5.41) is 8.85. The van der Waals surface area contributed by atoms with Crippen LogP contribution in [0.2, 0.25) is 0 Å². The summed E-state index contributed by atoms with van der Waals surface area (Å²) in [5.74, 6) is -1.74. The Labute approximate surface area is 168 Å². The van der Waals surface area contributed by atoms with Crippen molar-refractivity contribution < 1.29 is 18.4 Å². The van der Waals surface area contributed by atoms with Crippen molar-refractivity contribution in [3.63, 3.8) is 0 Å². The van der Waals surface area contributed by atoms with E-state index < -0.39 is 11.8 Å². The third-order valence-corrected chi connectivity index (χ3v) is 5.14. The van der Waals surface area contributed by atoms with Crippen molar-refractivity contribution in [1.29, 1.82) is 0 Å². The second-order valence-corrected chi connectivity index (χ2v) is 7.21. The summed E-state index contributed by atoms with van der Waals surface area (Å²) in [6, 6.07) is 12.3. The van der Waals surface area contributed by atoms with Gasteiger partial charge in [-0.25, -0.2) is 8.78 Å². The first kappa shape index (κ1) is 20.9. The molecule has 7 heteroatoms. The van der Waals surface area contributed by atoms with E-state index in [1.165, 1.54) is 24.3 Å². The van der Waals surface area contributed by atoms with Crippen molar-refractivity contribution in [1.82, 2.24) is 16.0 Å². The maximum atomic E-state index is 12.9. The van der Waals surface area contributed by atoms with Crippen LogP contribution < -0.4 is 16.0 Å². The molecule has 2 aromatic rings. The van der Waals surface area contributed by atoms with Gasteiger partial charge in [-0.15, -0.1) is 0 Å². The molecule has 3 N–H and O–H groups in total. The molecule has 3 rings (SSSR count). The van der Waals surface area contributed by atoms with Crippen LogP contribution in [-0.4, -0.2) is 38.0 Å².